The Morgan fingerprint density at radius 3 is 3.09 bits per heavy atom. The van der Waals surface area contributed by atoms with E-state index in [0.29, 0.717) is 43.2 Å². The van der Waals surface area contributed by atoms with E-state index < -0.39 is 6.10 Å². The molecule has 1 heterocycles. The molecule has 5 nitrogen and oxygen atoms in total. The third-order valence-electron chi connectivity index (χ3n) is 3.81. The molecular formula is C16H22ClFN2O3. The van der Waals surface area contributed by atoms with Crippen molar-refractivity contribution >= 4 is 17.6 Å². The lowest BCUT2D eigenvalue weighted by atomic mass is 10.1. The molecule has 2 atom stereocenters. The molecule has 0 aliphatic carbocycles. The Labute approximate surface area is 140 Å². The van der Waals surface area contributed by atoms with Crippen LogP contribution in [0.3, 0.4) is 0 Å². The Bertz CT molecular complexity index is 522. The minimum absolute atomic E-state index is 0.152. The zero-order chi connectivity index (χ0) is 16.8. The van der Waals surface area contributed by atoms with Gasteiger partial charge >= 0.3 is 6.03 Å². The summed E-state index contributed by atoms with van der Waals surface area (Å²) >= 11 is 5.97. The van der Waals surface area contributed by atoms with Gasteiger partial charge in [-0.2, -0.15) is 0 Å². The molecule has 1 saturated heterocycles. The molecule has 0 aromatic heterocycles. The highest BCUT2D eigenvalue weighted by molar-refractivity contribution is 6.31. The van der Waals surface area contributed by atoms with Gasteiger partial charge in [-0.1, -0.05) is 17.7 Å². The summed E-state index contributed by atoms with van der Waals surface area (Å²) in [5.74, 6) is -0.370. The van der Waals surface area contributed by atoms with Gasteiger partial charge in [-0.25, -0.2) is 9.18 Å². The van der Waals surface area contributed by atoms with Crippen LogP contribution in [-0.4, -0.2) is 54.5 Å². The van der Waals surface area contributed by atoms with Crippen molar-refractivity contribution in [2.24, 2.45) is 0 Å². The van der Waals surface area contributed by atoms with Gasteiger partial charge in [0.2, 0.25) is 0 Å². The van der Waals surface area contributed by atoms with Crippen LogP contribution in [0.4, 0.5) is 9.18 Å². The average Bonchev–Trinajstić information content (AvgIpc) is 2.50. The van der Waals surface area contributed by atoms with Crippen molar-refractivity contribution in [2.75, 3.05) is 26.3 Å². The molecule has 2 amide bonds. The van der Waals surface area contributed by atoms with E-state index in [1.54, 1.807) is 24.0 Å². The smallest absolute Gasteiger partial charge is 0.317 e. The number of ether oxygens (including phenoxy) is 1. The quantitative estimate of drug-likeness (QED) is 0.861. The molecule has 0 unspecified atom stereocenters. The van der Waals surface area contributed by atoms with Crippen LogP contribution in [-0.2, 0) is 11.2 Å². The number of aliphatic hydroxyl groups is 1. The fourth-order valence-corrected chi connectivity index (χ4v) is 2.94. The first-order valence-electron chi connectivity index (χ1n) is 7.72. The van der Waals surface area contributed by atoms with Gasteiger partial charge in [0.15, 0.2) is 0 Å². The summed E-state index contributed by atoms with van der Waals surface area (Å²) in [7, 11) is 0. The molecule has 0 radical (unpaired) electrons. The topological polar surface area (TPSA) is 61.8 Å². The van der Waals surface area contributed by atoms with Crippen molar-refractivity contribution in [3.63, 3.8) is 0 Å². The first kappa shape index (κ1) is 18.0. The van der Waals surface area contributed by atoms with Crippen molar-refractivity contribution < 1.29 is 19.0 Å². The number of morpholine rings is 1. The monoisotopic (exact) mass is 344 g/mol. The lowest BCUT2D eigenvalue weighted by Crippen LogP contribution is -2.53. The summed E-state index contributed by atoms with van der Waals surface area (Å²) in [6.45, 7) is 3.34. The number of nitrogens with one attached hydrogen (secondary N) is 1. The molecule has 1 aliphatic heterocycles. The maximum Gasteiger partial charge on any atom is 0.317 e. The second-order valence-corrected chi connectivity index (χ2v) is 6.10. The van der Waals surface area contributed by atoms with E-state index in [9.17, 15) is 14.3 Å². The van der Waals surface area contributed by atoms with Crippen molar-refractivity contribution in [1.29, 1.82) is 0 Å². The summed E-state index contributed by atoms with van der Waals surface area (Å²) in [4.78, 5) is 14.0. The lowest BCUT2D eigenvalue weighted by molar-refractivity contribution is -0.00425. The maximum absolute atomic E-state index is 13.7. The van der Waals surface area contributed by atoms with E-state index in [1.807, 2.05) is 0 Å². The molecule has 2 rings (SSSR count). The fraction of sp³-hybridized carbons (Fsp3) is 0.562. The van der Waals surface area contributed by atoms with Gasteiger partial charge in [0, 0.05) is 23.7 Å². The van der Waals surface area contributed by atoms with E-state index in [0.717, 1.165) is 0 Å². The molecule has 1 aromatic carbocycles. The Hall–Kier alpha value is -1.37. The van der Waals surface area contributed by atoms with Gasteiger partial charge in [-0.3, -0.25) is 0 Å². The van der Waals surface area contributed by atoms with Crippen LogP contribution >= 0.6 is 11.6 Å². The third-order valence-corrected chi connectivity index (χ3v) is 4.17. The van der Waals surface area contributed by atoms with Crippen molar-refractivity contribution in [3.05, 3.63) is 34.6 Å². The number of hydrogen-bond acceptors (Lipinski definition) is 3. The van der Waals surface area contributed by atoms with Crippen LogP contribution in [0, 0.1) is 5.82 Å². The van der Waals surface area contributed by atoms with E-state index in [2.05, 4.69) is 5.32 Å². The normalized spacial score (nSPS) is 19.5. The van der Waals surface area contributed by atoms with Crippen molar-refractivity contribution in [3.8, 4) is 0 Å². The van der Waals surface area contributed by atoms with Crippen LogP contribution in [0.15, 0.2) is 18.2 Å². The lowest BCUT2D eigenvalue weighted by Gasteiger charge is -2.36. The molecule has 1 fully saturated rings. The van der Waals surface area contributed by atoms with E-state index in [-0.39, 0.29) is 24.4 Å². The molecule has 1 aliphatic rings. The second kappa shape index (κ2) is 8.47. The van der Waals surface area contributed by atoms with Gasteiger partial charge in [0.1, 0.15) is 5.82 Å². The number of urea groups is 1. The van der Waals surface area contributed by atoms with Gasteiger partial charge in [0.25, 0.3) is 0 Å². The molecule has 0 spiro atoms. The number of carbonyl (C=O) groups is 1. The van der Waals surface area contributed by atoms with Gasteiger partial charge in [-0.05, 0) is 31.9 Å². The van der Waals surface area contributed by atoms with Crippen LogP contribution in [0.1, 0.15) is 18.9 Å². The Morgan fingerprint density at radius 2 is 2.39 bits per heavy atom. The zero-order valence-electron chi connectivity index (χ0n) is 13.1. The predicted octanol–water partition coefficient (Wildman–Crippen LogP) is 2.20. The summed E-state index contributed by atoms with van der Waals surface area (Å²) in [5, 5.41) is 12.7. The van der Waals surface area contributed by atoms with E-state index >= 15 is 0 Å². The second-order valence-electron chi connectivity index (χ2n) is 5.69. The molecule has 7 heteroatoms. The molecule has 0 saturated carbocycles. The number of nitrogens with zero attached hydrogens (tertiary/aromatic N) is 1. The summed E-state index contributed by atoms with van der Waals surface area (Å²) in [6.07, 6.45) is 0.282. The molecular weight excluding hydrogens is 323 g/mol. The Kier molecular flexibility index (Phi) is 6.62. The maximum atomic E-state index is 13.7. The highest BCUT2D eigenvalue weighted by atomic mass is 35.5. The van der Waals surface area contributed by atoms with E-state index in [1.165, 1.54) is 6.07 Å². The number of benzene rings is 1. The highest BCUT2D eigenvalue weighted by Gasteiger charge is 2.28. The largest absolute Gasteiger partial charge is 0.393 e. The number of carbonyl (C=O) groups excluding carboxylic acids is 1. The number of rotatable bonds is 5. The van der Waals surface area contributed by atoms with Crippen molar-refractivity contribution in [2.45, 2.75) is 31.9 Å². The first-order chi connectivity index (χ1) is 11.0. The summed E-state index contributed by atoms with van der Waals surface area (Å²) in [5.41, 5.74) is 0.400. The SMILES string of the molecule is C[C@H](O)C[C@H]1COCCN1C(=O)NCCc1c(F)cccc1Cl. The minimum atomic E-state index is -0.505. The molecule has 2 N–H and O–H groups in total. The van der Waals surface area contributed by atoms with E-state index in [4.69, 9.17) is 16.3 Å². The summed E-state index contributed by atoms with van der Waals surface area (Å²) < 4.78 is 19.1. The van der Waals surface area contributed by atoms with Crippen LogP contribution in [0.2, 0.25) is 5.02 Å². The molecule has 128 valence electrons. The molecule has 0 bridgehead atoms. The average molecular weight is 345 g/mol. The Balaban J connectivity index is 1.88. The summed E-state index contributed by atoms with van der Waals surface area (Å²) in [6, 6.07) is 4.15. The first-order valence-corrected chi connectivity index (χ1v) is 8.10. The van der Waals surface area contributed by atoms with Crippen LogP contribution in [0.5, 0.6) is 0 Å². The number of hydrogen-bond donors (Lipinski definition) is 2. The number of amides is 2. The number of halogens is 2. The number of aliphatic hydroxyl groups excluding tert-OH is 1. The Morgan fingerprint density at radius 1 is 1.61 bits per heavy atom. The highest BCUT2D eigenvalue weighted by Crippen LogP contribution is 2.19. The molecule has 23 heavy (non-hydrogen) atoms. The third kappa shape index (κ3) is 5.06. The van der Waals surface area contributed by atoms with Gasteiger partial charge in [-0.15, -0.1) is 0 Å². The zero-order valence-corrected chi connectivity index (χ0v) is 13.9. The minimum Gasteiger partial charge on any atom is -0.393 e. The van der Waals surface area contributed by atoms with Gasteiger partial charge < -0.3 is 20.1 Å². The van der Waals surface area contributed by atoms with Gasteiger partial charge in [0.05, 0.1) is 25.4 Å². The van der Waals surface area contributed by atoms with Crippen LogP contribution in [0.25, 0.3) is 0 Å². The van der Waals surface area contributed by atoms with Crippen molar-refractivity contribution in [1.82, 2.24) is 10.2 Å². The standard InChI is InChI=1S/C16H22ClFN2O3/c1-11(21)9-12-10-23-8-7-20(12)16(22)19-6-5-13-14(17)3-2-4-15(13)18/h2-4,11-12,21H,5-10H2,1H3,(H,19,22)/t11-,12-/m0/s1. The molecule has 1 aromatic rings. The van der Waals surface area contributed by atoms with Crippen LogP contribution < -0.4 is 5.32 Å². The predicted molar refractivity (Wildman–Crippen MR) is 86.1 cm³/mol. The fourth-order valence-electron chi connectivity index (χ4n) is 2.68.